The fourth-order valence-electron chi connectivity index (χ4n) is 1.81. The van der Waals surface area contributed by atoms with E-state index >= 15 is 0 Å². The van der Waals surface area contributed by atoms with Gasteiger partial charge in [-0.3, -0.25) is 0 Å². The van der Waals surface area contributed by atoms with Crippen LogP contribution in [0.1, 0.15) is 19.3 Å². The highest BCUT2D eigenvalue weighted by atomic mass is 32.2. The molecule has 4 N–H and O–H groups in total. The van der Waals surface area contributed by atoms with Crippen molar-refractivity contribution in [3.05, 3.63) is 0 Å². The maximum Gasteiger partial charge on any atom is 0.326 e. The molecule has 0 aliphatic carbocycles. The van der Waals surface area contributed by atoms with Crippen molar-refractivity contribution in [3.63, 3.8) is 0 Å². The van der Waals surface area contributed by atoms with Gasteiger partial charge in [-0.15, -0.1) is 0 Å². The second-order valence-corrected chi connectivity index (χ2v) is 6.75. The molecule has 0 aromatic rings. The first kappa shape index (κ1) is 15.7. The highest BCUT2D eigenvalue weighted by Crippen LogP contribution is 2.11. The number of aliphatic carboxylic acids is 1. The van der Waals surface area contributed by atoms with E-state index in [1.54, 1.807) is 0 Å². The lowest BCUT2D eigenvalue weighted by Crippen LogP contribution is -2.50. The molecule has 0 aromatic carbocycles. The number of aliphatic hydroxyl groups excluding tert-OH is 1. The summed E-state index contributed by atoms with van der Waals surface area (Å²) >= 11 is 0. The van der Waals surface area contributed by atoms with Crippen LogP contribution in [0.3, 0.4) is 0 Å². The summed E-state index contributed by atoms with van der Waals surface area (Å²) in [7, 11) is -3.00. The number of urea groups is 1. The molecule has 0 aromatic heterocycles. The van der Waals surface area contributed by atoms with Crippen molar-refractivity contribution >= 4 is 21.8 Å². The Bertz CT molecular complexity index is 421. The van der Waals surface area contributed by atoms with Gasteiger partial charge in [-0.2, -0.15) is 0 Å². The van der Waals surface area contributed by atoms with Crippen LogP contribution in [0.5, 0.6) is 0 Å². The smallest absolute Gasteiger partial charge is 0.326 e. The Hall–Kier alpha value is -1.35. The normalized spacial score (nSPS) is 20.5. The lowest BCUT2D eigenvalue weighted by atomic mass is 10.1. The first-order valence-electron chi connectivity index (χ1n) is 5.95. The predicted octanol–water partition coefficient (Wildman–Crippen LogP) is -1.30. The summed E-state index contributed by atoms with van der Waals surface area (Å²) < 4.78 is 22.4. The lowest BCUT2D eigenvalue weighted by Gasteiger charge is -2.24. The van der Waals surface area contributed by atoms with Crippen LogP contribution in [0.25, 0.3) is 0 Å². The van der Waals surface area contributed by atoms with Gasteiger partial charge in [0.15, 0.2) is 0 Å². The van der Waals surface area contributed by atoms with Crippen LogP contribution in [0.4, 0.5) is 4.79 Å². The third kappa shape index (κ3) is 5.43. The number of aliphatic hydroxyl groups is 1. The number of carbonyl (C=O) groups excluding carboxylic acids is 1. The van der Waals surface area contributed by atoms with E-state index in [2.05, 4.69) is 10.6 Å². The fraction of sp³-hybridized carbons (Fsp3) is 0.800. The molecule has 19 heavy (non-hydrogen) atoms. The molecule has 9 heteroatoms. The third-order valence-corrected chi connectivity index (χ3v) is 4.63. The summed E-state index contributed by atoms with van der Waals surface area (Å²) in [6.07, 6.45) is 0.572. The number of carbonyl (C=O) groups is 2. The van der Waals surface area contributed by atoms with Gasteiger partial charge in [-0.1, -0.05) is 0 Å². The zero-order valence-electron chi connectivity index (χ0n) is 10.3. The number of hydrogen-bond acceptors (Lipinski definition) is 5. The number of sulfone groups is 1. The molecular formula is C10H18N2O6S. The zero-order chi connectivity index (χ0) is 14.5. The highest BCUT2D eigenvalue weighted by molar-refractivity contribution is 7.91. The molecule has 1 heterocycles. The van der Waals surface area contributed by atoms with E-state index in [0.717, 1.165) is 0 Å². The number of nitrogens with one attached hydrogen (secondary N) is 2. The van der Waals surface area contributed by atoms with Crippen LogP contribution in [0, 0.1) is 0 Å². The van der Waals surface area contributed by atoms with Crippen molar-refractivity contribution in [2.75, 3.05) is 18.1 Å². The molecule has 1 unspecified atom stereocenters. The second kappa shape index (κ2) is 6.71. The topological polar surface area (TPSA) is 133 Å². The van der Waals surface area contributed by atoms with Crippen molar-refractivity contribution in [2.24, 2.45) is 0 Å². The maximum absolute atomic E-state index is 11.5. The number of carboxylic acid groups (broad SMARTS) is 1. The van der Waals surface area contributed by atoms with E-state index in [9.17, 15) is 18.0 Å². The summed E-state index contributed by atoms with van der Waals surface area (Å²) in [5.41, 5.74) is 0. The molecule has 1 fully saturated rings. The SMILES string of the molecule is O=C(NC1CCS(=O)(=O)CC1)NC(CCO)C(=O)O. The molecule has 1 saturated heterocycles. The molecule has 1 atom stereocenters. The summed E-state index contributed by atoms with van der Waals surface area (Å²) in [4.78, 5) is 22.3. The number of carboxylic acids is 1. The first-order chi connectivity index (χ1) is 8.84. The van der Waals surface area contributed by atoms with Crippen LogP contribution < -0.4 is 10.6 Å². The van der Waals surface area contributed by atoms with Gasteiger partial charge in [-0.05, 0) is 12.8 Å². The van der Waals surface area contributed by atoms with Crippen LogP contribution in [0.2, 0.25) is 0 Å². The van der Waals surface area contributed by atoms with Crippen molar-refractivity contribution < 1.29 is 28.2 Å². The van der Waals surface area contributed by atoms with Gasteiger partial charge < -0.3 is 20.8 Å². The summed E-state index contributed by atoms with van der Waals surface area (Å²) in [5, 5.41) is 22.2. The average Bonchev–Trinajstić information content (AvgIpc) is 2.31. The van der Waals surface area contributed by atoms with Gasteiger partial charge in [0.05, 0.1) is 11.5 Å². The first-order valence-corrected chi connectivity index (χ1v) is 7.77. The van der Waals surface area contributed by atoms with Gasteiger partial charge in [0.25, 0.3) is 0 Å². The number of hydrogen-bond donors (Lipinski definition) is 4. The van der Waals surface area contributed by atoms with Crippen LogP contribution in [-0.2, 0) is 14.6 Å². The minimum atomic E-state index is -3.00. The number of rotatable bonds is 5. The van der Waals surface area contributed by atoms with Crippen LogP contribution in [0.15, 0.2) is 0 Å². The van der Waals surface area contributed by atoms with Crippen molar-refractivity contribution in [3.8, 4) is 0 Å². The molecule has 1 aliphatic rings. The number of amides is 2. The van der Waals surface area contributed by atoms with E-state index in [-0.39, 0.29) is 30.6 Å². The molecule has 0 spiro atoms. The highest BCUT2D eigenvalue weighted by Gasteiger charge is 2.26. The van der Waals surface area contributed by atoms with E-state index in [0.29, 0.717) is 12.8 Å². The molecule has 0 saturated carbocycles. The zero-order valence-corrected chi connectivity index (χ0v) is 11.1. The Morgan fingerprint density at radius 3 is 2.32 bits per heavy atom. The lowest BCUT2D eigenvalue weighted by molar-refractivity contribution is -0.139. The minimum Gasteiger partial charge on any atom is -0.480 e. The fourth-order valence-corrected chi connectivity index (χ4v) is 3.30. The maximum atomic E-state index is 11.5. The van der Waals surface area contributed by atoms with Crippen molar-refractivity contribution in [1.29, 1.82) is 0 Å². The van der Waals surface area contributed by atoms with Gasteiger partial charge in [0, 0.05) is 19.1 Å². The summed E-state index contributed by atoms with van der Waals surface area (Å²) in [6.45, 7) is -0.348. The van der Waals surface area contributed by atoms with Crippen LogP contribution in [-0.4, -0.2) is 60.8 Å². The van der Waals surface area contributed by atoms with Crippen LogP contribution >= 0.6 is 0 Å². The molecule has 1 rings (SSSR count). The summed E-state index contributed by atoms with van der Waals surface area (Å²) in [5.74, 6) is -1.18. The Labute approximate surface area is 111 Å². The average molecular weight is 294 g/mol. The third-order valence-electron chi connectivity index (χ3n) is 2.91. The predicted molar refractivity (Wildman–Crippen MR) is 66.5 cm³/mol. The van der Waals surface area contributed by atoms with Gasteiger partial charge in [0.2, 0.25) is 0 Å². The minimum absolute atomic E-state index is 0.0247. The molecule has 2 amide bonds. The molecule has 8 nitrogen and oxygen atoms in total. The Balaban J connectivity index is 2.41. The Morgan fingerprint density at radius 2 is 1.84 bits per heavy atom. The van der Waals surface area contributed by atoms with E-state index in [1.165, 1.54) is 0 Å². The van der Waals surface area contributed by atoms with Crippen molar-refractivity contribution in [2.45, 2.75) is 31.3 Å². The summed E-state index contributed by atoms with van der Waals surface area (Å²) in [6, 6.07) is -2.09. The van der Waals surface area contributed by atoms with Gasteiger partial charge >= 0.3 is 12.0 Å². The van der Waals surface area contributed by atoms with Crippen molar-refractivity contribution in [1.82, 2.24) is 10.6 Å². The second-order valence-electron chi connectivity index (χ2n) is 4.45. The Kier molecular flexibility index (Phi) is 5.55. The largest absolute Gasteiger partial charge is 0.480 e. The molecular weight excluding hydrogens is 276 g/mol. The Morgan fingerprint density at radius 1 is 1.26 bits per heavy atom. The molecule has 110 valence electrons. The quantitative estimate of drug-likeness (QED) is 0.498. The van der Waals surface area contributed by atoms with Gasteiger partial charge in [0.1, 0.15) is 15.9 Å². The van der Waals surface area contributed by atoms with E-state index < -0.39 is 27.9 Å². The van der Waals surface area contributed by atoms with Gasteiger partial charge in [-0.25, -0.2) is 18.0 Å². The molecule has 0 bridgehead atoms. The van der Waals surface area contributed by atoms with E-state index in [1.807, 2.05) is 0 Å². The van der Waals surface area contributed by atoms with E-state index in [4.69, 9.17) is 10.2 Å². The monoisotopic (exact) mass is 294 g/mol. The molecule has 1 aliphatic heterocycles. The standard InChI is InChI=1S/C10H18N2O6S/c13-4-1-8(9(14)15)12-10(16)11-7-2-5-19(17,18)6-3-7/h7-8,13H,1-6H2,(H,14,15)(H2,11,12,16). The molecule has 0 radical (unpaired) electrons.